The van der Waals surface area contributed by atoms with Gasteiger partial charge in [-0.15, -0.1) is 0 Å². The Labute approximate surface area is 104 Å². The van der Waals surface area contributed by atoms with Crippen molar-refractivity contribution in [1.82, 2.24) is 9.36 Å². The summed E-state index contributed by atoms with van der Waals surface area (Å²) in [5.41, 5.74) is 0.885. The van der Waals surface area contributed by atoms with Crippen LogP contribution in [0.15, 0.2) is 22.7 Å². The molecule has 78 valence electrons. The van der Waals surface area contributed by atoms with E-state index in [1.165, 1.54) is 11.5 Å². The first-order valence-electron chi connectivity index (χ1n) is 4.04. The highest BCUT2D eigenvalue weighted by atomic mass is 79.9. The number of rotatable bonds is 2. The number of hydrogen-bond donors (Lipinski definition) is 0. The molecule has 6 heteroatoms. The van der Waals surface area contributed by atoms with Gasteiger partial charge in [-0.1, -0.05) is 15.9 Å². The molecule has 3 nitrogen and oxygen atoms in total. The second kappa shape index (κ2) is 4.47. The summed E-state index contributed by atoms with van der Waals surface area (Å²) in [4.78, 5) is 4.10. The van der Waals surface area contributed by atoms with Crippen LogP contribution in [0.1, 0.15) is 0 Å². The molecular weight excluding hydrogens is 300 g/mol. The standard InChI is InChI=1S/C9H6BrClN2OS/c1-14-7-3-2-5(10)4-6(7)8-12-9(11)13-15-8/h2-4H,1H3. The van der Waals surface area contributed by atoms with E-state index in [1.807, 2.05) is 18.2 Å². The molecule has 1 heterocycles. The van der Waals surface area contributed by atoms with Crippen molar-refractivity contribution in [2.75, 3.05) is 7.11 Å². The molecule has 1 aromatic heterocycles. The van der Waals surface area contributed by atoms with Crippen molar-refractivity contribution >= 4 is 39.1 Å². The Morgan fingerprint density at radius 3 is 2.87 bits per heavy atom. The Morgan fingerprint density at radius 1 is 1.47 bits per heavy atom. The summed E-state index contributed by atoms with van der Waals surface area (Å²) in [6.45, 7) is 0. The van der Waals surface area contributed by atoms with E-state index in [4.69, 9.17) is 16.3 Å². The predicted octanol–water partition coefficient (Wildman–Crippen LogP) is 3.63. The maximum Gasteiger partial charge on any atom is 0.234 e. The van der Waals surface area contributed by atoms with Crippen molar-refractivity contribution in [3.05, 3.63) is 28.0 Å². The second-order valence-corrected chi connectivity index (χ2v) is 4.72. The molecule has 0 aliphatic carbocycles. The average molecular weight is 306 g/mol. The molecule has 1 aromatic carbocycles. The van der Waals surface area contributed by atoms with Crippen LogP contribution in [0, 0.1) is 0 Å². The van der Waals surface area contributed by atoms with Crippen LogP contribution in [0.5, 0.6) is 5.75 Å². The monoisotopic (exact) mass is 304 g/mol. The number of benzene rings is 1. The third-order valence-electron chi connectivity index (χ3n) is 1.79. The molecule has 2 rings (SSSR count). The number of halogens is 2. The maximum absolute atomic E-state index is 5.68. The van der Waals surface area contributed by atoms with Crippen LogP contribution in [0.3, 0.4) is 0 Å². The highest BCUT2D eigenvalue weighted by Gasteiger charge is 2.11. The topological polar surface area (TPSA) is 35.0 Å². The Bertz CT molecular complexity index is 489. The van der Waals surface area contributed by atoms with Gasteiger partial charge in [-0.05, 0) is 41.3 Å². The van der Waals surface area contributed by atoms with Gasteiger partial charge >= 0.3 is 0 Å². The summed E-state index contributed by atoms with van der Waals surface area (Å²) >= 11 is 10.3. The van der Waals surface area contributed by atoms with Gasteiger partial charge in [0.15, 0.2) is 0 Å². The lowest BCUT2D eigenvalue weighted by molar-refractivity contribution is 0.416. The van der Waals surface area contributed by atoms with Crippen LogP contribution >= 0.6 is 39.1 Å². The van der Waals surface area contributed by atoms with E-state index < -0.39 is 0 Å². The first-order valence-corrected chi connectivity index (χ1v) is 5.98. The number of aromatic nitrogens is 2. The van der Waals surface area contributed by atoms with Crippen LogP contribution in [-0.4, -0.2) is 16.5 Å². The summed E-state index contributed by atoms with van der Waals surface area (Å²) in [5.74, 6) is 0.756. The van der Waals surface area contributed by atoms with Crippen LogP contribution in [0.4, 0.5) is 0 Å². The van der Waals surface area contributed by atoms with Gasteiger partial charge < -0.3 is 4.74 Å². The molecule has 0 bridgehead atoms. The summed E-state index contributed by atoms with van der Waals surface area (Å²) in [5, 5.41) is 1.01. The van der Waals surface area contributed by atoms with E-state index in [2.05, 4.69) is 25.3 Å². The first kappa shape index (κ1) is 10.9. The summed E-state index contributed by atoms with van der Waals surface area (Å²) < 4.78 is 10.1. The van der Waals surface area contributed by atoms with Crippen molar-refractivity contribution in [2.24, 2.45) is 0 Å². The van der Waals surface area contributed by atoms with E-state index in [1.54, 1.807) is 7.11 Å². The van der Waals surface area contributed by atoms with E-state index in [0.29, 0.717) is 0 Å². The quantitative estimate of drug-likeness (QED) is 0.850. The Hall–Kier alpha value is -0.650. The van der Waals surface area contributed by atoms with Crippen molar-refractivity contribution in [2.45, 2.75) is 0 Å². The zero-order valence-electron chi connectivity index (χ0n) is 7.70. The Balaban J connectivity index is 2.55. The SMILES string of the molecule is COc1ccc(Br)cc1-c1nc(Cl)ns1. The number of hydrogen-bond acceptors (Lipinski definition) is 4. The molecule has 0 aliphatic heterocycles. The van der Waals surface area contributed by atoms with E-state index >= 15 is 0 Å². The Morgan fingerprint density at radius 2 is 2.27 bits per heavy atom. The van der Waals surface area contributed by atoms with Crippen LogP contribution in [0.2, 0.25) is 5.28 Å². The molecular formula is C9H6BrClN2OS. The van der Waals surface area contributed by atoms with E-state index in [9.17, 15) is 0 Å². The molecule has 15 heavy (non-hydrogen) atoms. The second-order valence-electron chi connectivity index (χ2n) is 2.71. The smallest absolute Gasteiger partial charge is 0.234 e. The molecule has 0 aliphatic rings. The van der Waals surface area contributed by atoms with Crippen LogP contribution < -0.4 is 4.74 Å². The third-order valence-corrected chi connectivity index (χ3v) is 3.30. The zero-order valence-corrected chi connectivity index (χ0v) is 10.9. The average Bonchev–Trinajstić information content (AvgIpc) is 2.65. The minimum Gasteiger partial charge on any atom is -0.496 e. The number of ether oxygens (including phenoxy) is 1. The van der Waals surface area contributed by atoms with Crippen molar-refractivity contribution < 1.29 is 4.74 Å². The lowest BCUT2D eigenvalue weighted by Gasteiger charge is -2.05. The van der Waals surface area contributed by atoms with Crippen LogP contribution in [-0.2, 0) is 0 Å². The lowest BCUT2D eigenvalue weighted by Crippen LogP contribution is -1.87. The van der Waals surface area contributed by atoms with Crippen molar-refractivity contribution in [3.63, 3.8) is 0 Å². The first-order chi connectivity index (χ1) is 7.20. The van der Waals surface area contributed by atoms with Gasteiger partial charge in [0.1, 0.15) is 10.8 Å². The van der Waals surface area contributed by atoms with Crippen molar-refractivity contribution in [1.29, 1.82) is 0 Å². The highest BCUT2D eigenvalue weighted by Crippen LogP contribution is 2.33. The fourth-order valence-electron chi connectivity index (χ4n) is 1.16. The maximum atomic E-state index is 5.68. The molecule has 0 saturated heterocycles. The molecule has 0 N–H and O–H groups in total. The van der Waals surface area contributed by atoms with Gasteiger partial charge in [0.05, 0.1) is 12.7 Å². The predicted molar refractivity (Wildman–Crippen MR) is 64.6 cm³/mol. The van der Waals surface area contributed by atoms with E-state index in [0.717, 1.165) is 20.8 Å². The summed E-state index contributed by atoms with van der Waals surface area (Å²) in [7, 11) is 1.62. The molecule has 0 fully saturated rings. The highest BCUT2D eigenvalue weighted by molar-refractivity contribution is 9.10. The number of nitrogens with zero attached hydrogens (tertiary/aromatic N) is 2. The van der Waals surface area contributed by atoms with Gasteiger partial charge in [-0.2, -0.15) is 4.37 Å². The van der Waals surface area contributed by atoms with E-state index in [-0.39, 0.29) is 5.28 Å². The normalized spacial score (nSPS) is 10.3. The number of methoxy groups -OCH3 is 1. The summed E-state index contributed by atoms with van der Waals surface area (Å²) in [6, 6.07) is 5.70. The fourth-order valence-corrected chi connectivity index (χ4v) is 2.35. The molecule has 0 atom stereocenters. The largest absolute Gasteiger partial charge is 0.496 e. The molecule has 0 unspecified atom stereocenters. The lowest BCUT2D eigenvalue weighted by atomic mass is 10.2. The fraction of sp³-hybridized carbons (Fsp3) is 0.111. The van der Waals surface area contributed by atoms with Crippen molar-refractivity contribution in [3.8, 4) is 16.3 Å². The minimum atomic E-state index is 0.261. The zero-order chi connectivity index (χ0) is 10.8. The van der Waals surface area contributed by atoms with Gasteiger partial charge in [0, 0.05) is 4.47 Å². The molecule has 0 saturated carbocycles. The molecule has 0 amide bonds. The molecule has 2 aromatic rings. The van der Waals surface area contributed by atoms with Crippen LogP contribution in [0.25, 0.3) is 10.6 Å². The van der Waals surface area contributed by atoms with Gasteiger partial charge in [-0.3, -0.25) is 0 Å². The van der Waals surface area contributed by atoms with Gasteiger partial charge in [-0.25, -0.2) is 4.98 Å². The molecule has 0 radical (unpaired) electrons. The van der Waals surface area contributed by atoms with Gasteiger partial charge in [0.2, 0.25) is 5.28 Å². The van der Waals surface area contributed by atoms with Gasteiger partial charge in [0.25, 0.3) is 0 Å². The third kappa shape index (κ3) is 2.30. The summed E-state index contributed by atoms with van der Waals surface area (Å²) in [6.07, 6.45) is 0. The Kier molecular flexibility index (Phi) is 3.23. The molecule has 0 spiro atoms. The minimum absolute atomic E-state index is 0.261.